The molecule has 0 atom stereocenters. The van der Waals surface area contributed by atoms with Crippen LogP contribution >= 0.6 is 11.3 Å². The van der Waals surface area contributed by atoms with Gasteiger partial charge in [-0.3, -0.25) is 9.89 Å². The van der Waals surface area contributed by atoms with Crippen molar-refractivity contribution in [2.75, 3.05) is 45.0 Å². The molecule has 0 aliphatic carbocycles. The number of nitrogens with one attached hydrogen (secondary N) is 1. The molecule has 1 aromatic heterocycles. The molecular formula is C18H30N4O2S2. The van der Waals surface area contributed by atoms with E-state index >= 15 is 0 Å². The summed E-state index contributed by atoms with van der Waals surface area (Å²) in [6.45, 7) is 11.2. The van der Waals surface area contributed by atoms with Crippen molar-refractivity contribution in [3.05, 3.63) is 21.9 Å². The number of hydrogen-bond acceptors (Lipinski definition) is 5. The monoisotopic (exact) mass is 398 g/mol. The van der Waals surface area contributed by atoms with Crippen LogP contribution in [-0.2, 0) is 22.8 Å². The Kier molecular flexibility index (Phi) is 5.94. The van der Waals surface area contributed by atoms with E-state index in [0.717, 1.165) is 45.1 Å². The van der Waals surface area contributed by atoms with Crippen LogP contribution in [0.5, 0.6) is 0 Å². The summed E-state index contributed by atoms with van der Waals surface area (Å²) in [6, 6.07) is 2.23. The third-order valence-corrected chi connectivity index (χ3v) is 8.80. The SMILES string of the molecule is CCNC(=NCCN1CCc2sccc2C1)N1CCS(=O)(=O)C(C)(C)C1. The molecule has 0 bridgehead atoms. The van der Waals surface area contributed by atoms with Crippen molar-refractivity contribution in [3.63, 3.8) is 0 Å². The Morgan fingerprint density at radius 2 is 2.19 bits per heavy atom. The van der Waals surface area contributed by atoms with Gasteiger partial charge in [0.15, 0.2) is 15.8 Å². The van der Waals surface area contributed by atoms with E-state index in [-0.39, 0.29) is 5.75 Å². The fourth-order valence-corrected chi connectivity index (χ4v) is 5.80. The Hall–Kier alpha value is -1.12. The number of thiophene rings is 1. The van der Waals surface area contributed by atoms with Gasteiger partial charge in [-0.1, -0.05) is 0 Å². The van der Waals surface area contributed by atoms with Gasteiger partial charge in [-0.05, 0) is 44.2 Å². The fraction of sp³-hybridized carbons (Fsp3) is 0.722. The van der Waals surface area contributed by atoms with Crippen molar-refractivity contribution in [3.8, 4) is 0 Å². The van der Waals surface area contributed by atoms with Gasteiger partial charge in [-0.15, -0.1) is 11.3 Å². The normalized spacial score (nSPS) is 22.9. The molecule has 1 saturated heterocycles. The quantitative estimate of drug-likeness (QED) is 0.616. The molecular weight excluding hydrogens is 368 g/mol. The van der Waals surface area contributed by atoms with Crippen molar-refractivity contribution >= 4 is 27.1 Å². The average Bonchev–Trinajstić information content (AvgIpc) is 3.04. The van der Waals surface area contributed by atoms with E-state index in [9.17, 15) is 8.42 Å². The highest BCUT2D eigenvalue weighted by Gasteiger charge is 2.40. The number of rotatable bonds is 4. The smallest absolute Gasteiger partial charge is 0.194 e. The van der Waals surface area contributed by atoms with E-state index in [4.69, 9.17) is 4.99 Å². The van der Waals surface area contributed by atoms with E-state index in [0.29, 0.717) is 13.1 Å². The number of guanidine groups is 1. The zero-order chi connectivity index (χ0) is 18.8. The Labute approximate surface area is 161 Å². The second-order valence-corrected chi connectivity index (χ2v) is 11.4. The van der Waals surface area contributed by atoms with Crippen molar-refractivity contribution in [2.24, 2.45) is 4.99 Å². The highest BCUT2D eigenvalue weighted by molar-refractivity contribution is 7.92. The predicted molar refractivity (Wildman–Crippen MR) is 109 cm³/mol. The molecule has 1 fully saturated rings. The Balaban J connectivity index is 1.59. The number of aliphatic imine (C=N–C) groups is 1. The molecule has 8 heteroatoms. The highest BCUT2D eigenvalue weighted by Crippen LogP contribution is 2.24. The Morgan fingerprint density at radius 1 is 1.38 bits per heavy atom. The Bertz CT molecular complexity index is 755. The number of hydrogen-bond donors (Lipinski definition) is 1. The number of fused-ring (bicyclic) bond motifs is 1. The summed E-state index contributed by atoms with van der Waals surface area (Å²) in [6.07, 6.45) is 1.13. The lowest BCUT2D eigenvalue weighted by atomic mass is 10.1. The largest absolute Gasteiger partial charge is 0.357 e. The minimum absolute atomic E-state index is 0.192. The maximum absolute atomic E-state index is 12.2. The summed E-state index contributed by atoms with van der Waals surface area (Å²) in [5.41, 5.74) is 1.46. The minimum Gasteiger partial charge on any atom is -0.357 e. The molecule has 3 heterocycles. The van der Waals surface area contributed by atoms with Crippen molar-refractivity contribution in [2.45, 2.75) is 38.5 Å². The molecule has 2 aliphatic rings. The van der Waals surface area contributed by atoms with Crippen LogP contribution in [0.25, 0.3) is 0 Å². The topological polar surface area (TPSA) is 65.0 Å². The van der Waals surface area contributed by atoms with Gasteiger partial charge in [0.1, 0.15) is 0 Å². The molecule has 0 unspecified atom stereocenters. The zero-order valence-corrected chi connectivity index (χ0v) is 17.6. The van der Waals surface area contributed by atoms with Gasteiger partial charge in [0.2, 0.25) is 0 Å². The first kappa shape index (κ1) is 19.6. The van der Waals surface area contributed by atoms with E-state index in [1.807, 2.05) is 32.1 Å². The lowest BCUT2D eigenvalue weighted by Gasteiger charge is -2.39. The molecule has 0 spiro atoms. The van der Waals surface area contributed by atoms with Crippen LogP contribution in [0.4, 0.5) is 0 Å². The van der Waals surface area contributed by atoms with Gasteiger partial charge < -0.3 is 10.2 Å². The van der Waals surface area contributed by atoms with Gasteiger partial charge in [0.05, 0.1) is 17.0 Å². The van der Waals surface area contributed by atoms with Gasteiger partial charge in [0, 0.05) is 44.1 Å². The second kappa shape index (κ2) is 7.86. The molecule has 0 aromatic carbocycles. The maximum atomic E-state index is 12.2. The predicted octanol–water partition coefficient (Wildman–Crippen LogP) is 1.58. The van der Waals surface area contributed by atoms with Crippen LogP contribution in [-0.4, -0.2) is 73.9 Å². The summed E-state index contributed by atoms with van der Waals surface area (Å²) in [5.74, 6) is 1.03. The van der Waals surface area contributed by atoms with Crippen LogP contribution in [0.1, 0.15) is 31.2 Å². The van der Waals surface area contributed by atoms with Crippen LogP contribution in [0.15, 0.2) is 16.4 Å². The van der Waals surface area contributed by atoms with Crippen LogP contribution in [0.2, 0.25) is 0 Å². The van der Waals surface area contributed by atoms with Crippen molar-refractivity contribution < 1.29 is 8.42 Å². The first-order valence-electron chi connectivity index (χ1n) is 9.35. The van der Waals surface area contributed by atoms with Gasteiger partial charge in [-0.25, -0.2) is 8.42 Å². The molecule has 26 heavy (non-hydrogen) atoms. The molecule has 0 radical (unpaired) electrons. The number of nitrogens with zero attached hydrogens (tertiary/aromatic N) is 3. The van der Waals surface area contributed by atoms with E-state index in [2.05, 4.69) is 26.6 Å². The summed E-state index contributed by atoms with van der Waals surface area (Å²) in [4.78, 5) is 10.9. The molecule has 0 amide bonds. The Morgan fingerprint density at radius 3 is 2.92 bits per heavy atom. The third-order valence-electron chi connectivity index (χ3n) is 5.24. The van der Waals surface area contributed by atoms with E-state index < -0.39 is 14.6 Å². The summed E-state index contributed by atoms with van der Waals surface area (Å²) in [7, 11) is -3.03. The average molecular weight is 399 g/mol. The van der Waals surface area contributed by atoms with Crippen molar-refractivity contribution in [1.29, 1.82) is 0 Å². The lowest BCUT2D eigenvalue weighted by Crippen LogP contribution is -2.57. The van der Waals surface area contributed by atoms with E-state index in [1.54, 1.807) is 0 Å². The van der Waals surface area contributed by atoms with Crippen LogP contribution in [0, 0.1) is 0 Å². The molecule has 146 valence electrons. The minimum atomic E-state index is -3.03. The summed E-state index contributed by atoms with van der Waals surface area (Å²) in [5, 5.41) is 5.51. The fourth-order valence-electron chi connectivity index (χ4n) is 3.55. The second-order valence-electron chi connectivity index (χ2n) is 7.63. The standard InChI is InChI=1S/C18H30N4O2S2/c1-4-19-17(22-10-12-26(23,24)18(2,3)14-22)20-7-9-21-8-5-16-15(13-21)6-11-25-16/h6,11H,4-5,7-10,12-14H2,1-3H3,(H,19,20). The third kappa shape index (κ3) is 4.23. The summed E-state index contributed by atoms with van der Waals surface area (Å²) >= 11 is 1.86. The van der Waals surface area contributed by atoms with E-state index in [1.165, 1.54) is 10.4 Å². The van der Waals surface area contributed by atoms with Crippen LogP contribution in [0.3, 0.4) is 0 Å². The maximum Gasteiger partial charge on any atom is 0.194 e. The molecule has 3 rings (SSSR count). The molecule has 1 aromatic rings. The van der Waals surface area contributed by atoms with Gasteiger partial charge >= 0.3 is 0 Å². The highest BCUT2D eigenvalue weighted by atomic mass is 32.2. The van der Waals surface area contributed by atoms with Crippen molar-refractivity contribution in [1.82, 2.24) is 15.1 Å². The molecule has 1 N–H and O–H groups in total. The van der Waals surface area contributed by atoms with Gasteiger partial charge in [0.25, 0.3) is 0 Å². The molecule has 2 aliphatic heterocycles. The summed E-state index contributed by atoms with van der Waals surface area (Å²) < 4.78 is 23.7. The van der Waals surface area contributed by atoms with Gasteiger partial charge in [-0.2, -0.15) is 0 Å². The first-order chi connectivity index (χ1) is 12.3. The molecule has 6 nitrogen and oxygen atoms in total. The zero-order valence-electron chi connectivity index (χ0n) is 16.0. The number of sulfone groups is 1. The first-order valence-corrected chi connectivity index (χ1v) is 11.9. The van der Waals surface area contributed by atoms with Crippen LogP contribution < -0.4 is 5.32 Å². The lowest BCUT2D eigenvalue weighted by molar-refractivity contribution is 0.263. The molecule has 0 saturated carbocycles.